The third kappa shape index (κ3) is 3.36. The Morgan fingerprint density at radius 2 is 1.46 bits per heavy atom. The molecule has 0 radical (unpaired) electrons. The van der Waals surface area contributed by atoms with Crippen molar-refractivity contribution in [1.29, 1.82) is 0 Å². The highest BCUT2D eigenvalue weighted by atomic mass is 16.2. The number of hydrogen-bond acceptors (Lipinski definition) is 2. The van der Waals surface area contributed by atoms with E-state index in [4.69, 9.17) is 0 Å². The summed E-state index contributed by atoms with van der Waals surface area (Å²) in [4.78, 5) is 28.2. The Kier molecular flexibility index (Phi) is 5.20. The van der Waals surface area contributed by atoms with E-state index in [-0.39, 0.29) is 28.3 Å². The van der Waals surface area contributed by atoms with Gasteiger partial charge in [-0.25, -0.2) is 0 Å². The third-order valence-corrected chi connectivity index (χ3v) is 13.5. The number of hydrogen-bond donors (Lipinski definition) is 1. The van der Waals surface area contributed by atoms with Crippen molar-refractivity contribution < 1.29 is 9.59 Å². The van der Waals surface area contributed by atoms with Crippen molar-refractivity contribution in [3.63, 3.8) is 0 Å². The molecule has 196 valence electrons. The molecule has 0 aromatic heterocycles. The van der Waals surface area contributed by atoms with Crippen molar-refractivity contribution in [1.82, 2.24) is 10.2 Å². The van der Waals surface area contributed by atoms with Gasteiger partial charge in [-0.2, -0.15) is 0 Å². The lowest BCUT2D eigenvalue weighted by Crippen LogP contribution is -2.69. The Bertz CT molecular complexity index is 923. The minimum atomic E-state index is -0.385. The van der Waals surface area contributed by atoms with E-state index in [9.17, 15) is 9.59 Å². The van der Waals surface area contributed by atoms with Crippen LogP contribution in [0.25, 0.3) is 0 Å². The first kappa shape index (κ1) is 24.3. The Hall–Kier alpha value is -1.06. The Balaban J connectivity index is 1.25. The summed E-state index contributed by atoms with van der Waals surface area (Å²) in [7, 11) is 0. The summed E-state index contributed by atoms with van der Waals surface area (Å²) in [6.07, 6.45) is 15.6. The Labute approximate surface area is 213 Å². The van der Waals surface area contributed by atoms with Crippen LogP contribution in [0.1, 0.15) is 119 Å². The van der Waals surface area contributed by atoms with Gasteiger partial charge in [0.1, 0.15) is 0 Å². The van der Waals surface area contributed by atoms with Gasteiger partial charge in [-0.05, 0) is 137 Å². The van der Waals surface area contributed by atoms with Crippen LogP contribution in [0.5, 0.6) is 0 Å². The lowest BCUT2D eigenvalue weighted by molar-refractivity contribution is -0.206. The summed E-state index contributed by atoms with van der Waals surface area (Å²) >= 11 is 0. The second-order valence-electron chi connectivity index (χ2n) is 15.6. The molecule has 1 aliphatic heterocycles. The van der Waals surface area contributed by atoms with Crippen molar-refractivity contribution in [3.05, 3.63) is 0 Å². The average Bonchev–Trinajstić information content (AvgIpc) is 3.35. The van der Waals surface area contributed by atoms with E-state index < -0.39 is 0 Å². The summed E-state index contributed by atoms with van der Waals surface area (Å²) in [5.74, 6) is 3.33. The number of rotatable bonds is 1. The third-order valence-electron chi connectivity index (χ3n) is 13.5. The molecule has 0 aromatic carbocycles. The summed E-state index contributed by atoms with van der Waals surface area (Å²) in [6, 6.07) is 0. The molecule has 0 spiro atoms. The van der Waals surface area contributed by atoms with E-state index in [1.54, 1.807) is 0 Å². The normalized spacial score (nSPS) is 49.2. The van der Waals surface area contributed by atoms with Crippen molar-refractivity contribution in [3.8, 4) is 0 Å². The van der Waals surface area contributed by atoms with Gasteiger partial charge in [0.25, 0.3) is 0 Å². The van der Waals surface area contributed by atoms with Crippen molar-refractivity contribution in [2.24, 2.45) is 45.8 Å². The molecule has 8 atom stereocenters. The topological polar surface area (TPSA) is 49.4 Å². The minimum Gasteiger partial charge on any atom is -0.343 e. The predicted molar refractivity (Wildman–Crippen MR) is 140 cm³/mol. The zero-order chi connectivity index (χ0) is 25.0. The van der Waals surface area contributed by atoms with Gasteiger partial charge in [0, 0.05) is 17.6 Å². The number of likely N-dealkylation sites (tertiary alicyclic amines) is 1. The van der Waals surface area contributed by atoms with Crippen LogP contribution in [0.3, 0.4) is 0 Å². The fourth-order valence-electron chi connectivity index (χ4n) is 11.4. The largest absolute Gasteiger partial charge is 0.343 e. The van der Waals surface area contributed by atoms with Crippen LogP contribution in [0.15, 0.2) is 0 Å². The molecule has 5 saturated carbocycles. The average molecular weight is 483 g/mol. The van der Waals surface area contributed by atoms with Gasteiger partial charge in [0.2, 0.25) is 0 Å². The van der Waals surface area contributed by atoms with Crippen LogP contribution in [0.4, 0.5) is 0 Å². The highest BCUT2D eigenvalue weighted by molar-refractivity contribution is 6.35. The van der Waals surface area contributed by atoms with Gasteiger partial charge in [-0.1, -0.05) is 27.2 Å². The molecule has 4 nitrogen and oxygen atoms in total. The Morgan fingerprint density at radius 1 is 0.714 bits per heavy atom. The lowest BCUT2D eigenvalue weighted by Gasteiger charge is -2.69. The molecular weight excluding hydrogens is 432 g/mol. The van der Waals surface area contributed by atoms with E-state index in [1.807, 2.05) is 11.8 Å². The minimum absolute atomic E-state index is 0.151. The van der Waals surface area contributed by atoms with Gasteiger partial charge in [-0.15, -0.1) is 0 Å². The molecule has 1 N–H and O–H groups in total. The highest BCUT2D eigenvalue weighted by Crippen LogP contribution is 2.71. The standard InChI is InChI=1S/C31H50N2O2/c1-27(2)23-12-15-30(5)22-11-14-28(3)13-7-8-21(28)20(22)9-10-24(30)31(23,6)18-19-33(27)26(35)25(34)32-29(4)16-17-29/h20-24H,7-19H2,1-6H3,(H,32,34)/t20?,21-,22?,23?,24?,28?,30?,31?/m1/s1. The Morgan fingerprint density at radius 3 is 2.17 bits per heavy atom. The van der Waals surface area contributed by atoms with Gasteiger partial charge in [0.15, 0.2) is 0 Å². The number of nitrogens with one attached hydrogen (secondary N) is 1. The first-order valence-corrected chi connectivity index (χ1v) is 15.0. The summed E-state index contributed by atoms with van der Waals surface area (Å²) in [6.45, 7) is 15.2. The quantitative estimate of drug-likeness (QED) is 0.444. The molecule has 0 bridgehead atoms. The van der Waals surface area contributed by atoms with E-state index in [1.165, 1.54) is 57.8 Å². The molecule has 6 fully saturated rings. The van der Waals surface area contributed by atoms with Gasteiger partial charge >= 0.3 is 11.8 Å². The van der Waals surface area contributed by atoms with Crippen molar-refractivity contribution >= 4 is 11.8 Å². The van der Waals surface area contributed by atoms with Crippen LogP contribution in [0.2, 0.25) is 0 Å². The van der Waals surface area contributed by atoms with Gasteiger partial charge < -0.3 is 10.2 Å². The van der Waals surface area contributed by atoms with Crippen molar-refractivity contribution in [2.45, 2.75) is 130 Å². The smallest absolute Gasteiger partial charge is 0.312 e. The van der Waals surface area contributed by atoms with Crippen LogP contribution in [-0.4, -0.2) is 34.3 Å². The molecule has 1 saturated heterocycles. The molecular formula is C31H50N2O2. The summed E-state index contributed by atoms with van der Waals surface area (Å²) < 4.78 is 0. The molecule has 35 heavy (non-hydrogen) atoms. The number of fused-ring (bicyclic) bond motifs is 7. The fraction of sp³-hybridized carbons (Fsp3) is 0.935. The second-order valence-corrected chi connectivity index (χ2v) is 15.6. The van der Waals surface area contributed by atoms with Crippen molar-refractivity contribution in [2.75, 3.05) is 6.54 Å². The van der Waals surface area contributed by atoms with Gasteiger partial charge in [-0.3, -0.25) is 9.59 Å². The maximum atomic E-state index is 13.4. The maximum Gasteiger partial charge on any atom is 0.312 e. The monoisotopic (exact) mass is 482 g/mol. The fourth-order valence-corrected chi connectivity index (χ4v) is 11.4. The lowest BCUT2D eigenvalue weighted by atomic mass is 9.38. The first-order chi connectivity index (χ1) is 16.3. The zero-order valence-corrected chi connectivity index (χ0v) is 23.3. The van der Waals surface area contributed by atoms with E-state index >= 15 is 0 Å². The highest BCUT2D eigenvalue weighted by Gasteiger charge is 2.66. The van der Waals surface area contributed by atoms with E-state index in [0.717, 1.165) is 49.5 Å². The summed E-state index contributed by atoms with van der Waals surface area (Å²) in [5, 5.41) is 3.02. The SMILES string of the molecule is CC1(NC(=O)C(=O)N2CCC3(C)C4CCC5C(CCC6(C)CCC[C@H]56)C4(C)CCC3C2(C)C)CC1. The second kappa shape index (κ2) is 7.50. The van der Waals surface area contributed by atoms with E-state index in [2.05, 4.69) is 39.9 Å². The number of carbonyl (C=O) groups is 2. The predicted octanol–water partition coefficient (Wildman–Crippen LogP) is 6.33. The molecule has 7 unspecified atom stereocenters. The first-order valence-electron chi connectivity index (χ1n) is 15.0. The van der Waals surface area contributed by atoms with Crippen LogP contribution < -0.4 is 5.32 Å². The van der Waals surface area contributed by atoms with Crippen LogP contribution >= 0.6 is 0 Å². The molecule has 4 heteroatoms. The van der Waals surface area contributed by atoms with Crippen LogP contribution in [-0.2, 0) is 9.59 Å². The molecule has 6 aliphatic rings. The number of carbonyl (C=O) groups excluding carboxylic acids is 2. The van der Waals surface area contributed by atoms with Crippen LogP contribution in [0, 0.1) is 45.8 Å². The van der Waals surface area contributed by atoms with E-state index in [0.29, 0.717) is 16.7 Å². The molecule has 1 heterocycles. The number of amides is 2. The molecule has 6 rings (SSSR count). The maximum absolute atomic E-state index is 13.4. The molecule has 5 aliphatic carbocycles. The van der Waals surface area contributed by atoms with Gasteiger partial charge in [0.05, 0.1) is 0 Å². The summed E-state index contributed by atoms with van der Waals surface area (Å²) in [5.41, 5.74) is 0.895. The number of nitrogens with zero attached hydrogens (tertiary/aromatic N) is 1. The molecule has 2 amide bonds. The number of piperidine rings is 1. The zero-order valence-electron chi connectivity index (χ0n) is 23.3. The molecule has 0 aromatic rings.